The summed E-state index contributed by atoms with van der Waals surface area (Å²) in [6.07, 6.45) is 1.11. The van der Waals surface area contributed by atoms with Gasteiger partial charge in [0.05, 0.1) is 17.4 Å². The number of ether oxygens (including phenoxy) is 2. The Morgan fingerprint density at radius 1 is 1.05 bits per heavy atom. The standard InChI is InChI=1S/C31H29N5O5S/c1-2-26(29(38)33-20-12-13-24-25(16-20)41-18-40-24)42-31-35-22-11-7-6-10-21(22)28-34-23(30(39)36(28)31)17-27(37)32-15-14-19-8-4-3-5-9-19/h3-13,16,23,26H,2,14-15,17-18H2,1H3,(H,32,37)(H,33,38). The van der Waals surface area contributed by atoms with Crippen molar-refractivity contribution < 1.29 is 23.9 Å². The van der Waals surface area contributed by atoms with Crippen molar-refractivity contribution in [2.45, 2.75) is 37.5 Å². The second-order valence-electron chi connectivity index (χ2n) is 9.92. The van der Waals surface area contributed by atoms with Crippen LogP contribution in [0.4, 0.5) is 11.4 Å². The molecule has 2 N–H and O–H groups in total. The van der Waals surface area contributed by atoms with Crippen molar-refractivity contribution in [1.29, 1.82) is 0 Å². The number of nitrogens with zero attached hydrogens (tertiary/aromatic N) is 3. The number of thioether (sulfide) groups is 1. The van der Waals surface area contributed by atoms with Gasteiger partial charge in [0, 0.05) is 23.9 Å². The predicted molar refractivity (Wildman–Crippen MR) is 161 cm³/mol. The minimum atomic E-state index is -0.879. The molecule has 10 nitrogen and oxygen atoms in total. The van der Waals surface area contributed by atoms with Crippen LogP contribution in [0.2, 0.25) is 0 Å². The topological polar surface area (TPSA) is 122 Å². The molecule has 11 heteroatoms. The first kappa shape index (κ1) is 27.5. The highest BCUT2D eigenvalue weighted by Crippen LogP contribution is 2.37. The van der Waals surface area contributed by atoms with Gasteiger partial charge in [-0.05, 0) is 42.7 Å². The fraction of sp³-hybridized carbons (Fsp3) is 0.258. The Morgan fingerprint density at radius 2 is 1.83 bits per heavy atom. The van der Waals surface area contributed by atoms with Gasteiger partial charge in [-0.2, -0.15) is 0 Å². The van der Waals surface area contributed by atoms with E-state index in [0.717, 1.165) is 5.56 Å². The van der Waals surface area contributed by atoms with E-state index in [2.05, 4.69) is 15.6 Å². The number of nitrogens with one attached hydrogen (secondary N) is 2. The molecule has 3 amide bonds. The molecule has 3 aliphatic heterocycles. The van der Waals surface area contributed by atoms with Gasteiger partial charge in [0.25, 0.3) is 5.91 Å². The highest BCUT2D eigenvalue weighted by atomic mass is 32.2. The van der Waals surface area contributed by atoms with Crippen LogP contribution in [0, 0.1) is 0 Å². The van der Waals surface area contributed by atoms with E-state index in [1.165, 1.54) is 16.7 Å². The first-order chi connectivity index (χ1) is 20.5. The number of amides is 3. The van der Waals surface area contributed by atoms with Gasteiger partial charge >= 0.3 is 0 Å². The molecule has 2 atom stereocenters. The maximum atomic E-state index is 13.6. The van der Waals surface area contributed by atoms with E-state index in [1.807, 2.05) is 61.5 Å². The molecule has 0 spiro atoms. The molecule has 0 radical (unpaired) electrons. The minimum Gasteiger partial charge on any atom is -0.454 e. The molecule has 3 heterocycles. The van der Waals surface area contributed by atoms with Crippen LogP contribution in [0.3, 0.4) is 0 Å². The molecule has 0 aromatic heterocycles. The van der Waals surface area contributed by atoms with E-state index in [9.17, 15) is 14.4 Å². The van der Waals surface area contributed by atoms with Gasteiger partial charge in [0.2, 0.25) is 18.6 Å². The second-order valence-corrected chi connectivity index (χ2v) is 11.1. The van der Waals surface area contributed by atoms with E-state index in [4.69, 9.17) is 14.5 Å². The summed E-state index contributed by atoms with van der Waals surface area (Å²) in [5.74, 6) is 0.824. The van der Waals surface area contributed by atoms with Gasteiger partial charge < -0.3 is 20.1 Å². The zero-order valence-corrected chi connectivity index (χ0v) is 23.7. The molecule has 3 aliphatic rings. The molecule has 3 aromatic rings. The molecule has 2 unspecified atom stereocenters. The number of aliphatic imine (C=N–C) groups is 2. The van der Waals surface area contributed by atoms with Gasteiger partial charge in [0.1, 0.15) is 11.9 Å². The van der Waals surface area contributed by atoms with E-state index < -0.39 is 11.3 Å². The summed E-state index contributed by atoms with van der Waals surface area (Å²) >= 11 is 1.20. The average Bonchev–Trinajstić information content (AvgIpc) is 3.60. The zero-order valence-electron chi connectivity index (χ0n) is 22.9. The molecular formula is C31H29N5O5S. The molecule has 0 fully saturated rings. The van der Waals surface area contributed by atoms with Crippen LogP contribution in [0.1, 0.15) is 30.9 Å². The maximum absolute atomic E-state index is 13.6. The summed E-state index contributed by atoms with van der Waals surface area (Å²) in [6, 6.07) is 21.6. The SMILES string of the molecule is CCC(SC1=Nc2ccccc2C2=NC(CC(=O)NCCc3ccccc3)C(=O)N12)C(=O)Nc1ccc2c(c1)OCO2. The Balaban J connectivity index is 1.16. The molecule has 6 rings (SSSR count). The number of benzene rings is 3. The number of carbonyl (C=O) groups excluding carboxylic acids is 3. The fourth-order valence-electron chi connectivity index (χ4n) is 4.90. The average molecular weight is 584 g/mol. The van der Waals surface area contributed by atoms with E-state index in [0.29, 0.717) is 58.8 Å². The maximum Gasteiger partial charge on any atom is 0.259 e. The smallest absolute Gasteiger partial charge is 0.259 e. The Morgan fingerprint density at radius 3 is 2.67 bits per heavy atom. The number of amidine groups is 2. The highest BCUT2D eigenvalue weighted by molar-refractivity contribution is 8.15. The third kappa shape index (κ3) is 5.73. The Bertz CT molecular complexity index is 1590. The monoisotopic (exact) mass is 583 g/mol. The van der Waals surface area contributed by atoms with Crippen molar-refractivity contribution in [3.63, 3.8) is 0 Å². The summed E-state index contributed by atoms with van der Waals surface area (Å²) in [4.78, 5) is 50.6. The first-order valence-electron chi connectivity index (χ1n) is 13.8. The number of carbonyl (C=O) groups is 3. The van der Waals surface area contributed by atoms with Gasteiger partial charge in [-0.15, -0.1) is 0 Å². The fourth-order valence-corrected chi connectivity index (χ4v) is 5.92. The highest BCUT2D eigenvalue weighted by Gasteiger charge is 2.43. The number of anilines is 1. The normalized spacial score (nSPS) is 17.1. The zero-order chi connectivity index (χ0) is 29.1. The Labute approximate surface area is 247 Å². The van der Waals surface area contributed by atoms with Crippen LogP contribution in [0.15, 0.2) is 82.8 Å². The third-order valence-corrected chi connectivity index (χ3v) is 8.37. The van der Waals surface area contributed by atoms with Gasteiger partial charge in [0.15, 0.2) is 16.7 Å². The number of hydrogen-bond acceptors (Lipinski definition) is 8. The summed E-state index contributed by atoms with van der Waals surface area (Å²) < 4.78 is 10.8. The Kier molecular flexibility index (Phi) is 7.91. The number of hydrogen-bond donors (Lipinski definition) is 2. The van der Waals surface area contributed by atoms with Crippen molar-refractivity contribution >= 4 is 51.9 Å². The molecule has 0 saturated heterocycles. The second kappa shape index (κ2) is 12.1. The van der Waals surface area contributed by atoms with Crippen LogP contribution in [0.25, 0.3) is 0 Å². The third-order valence-electron chi connectivity index (χ3n) is 7.06. The molecular weight excluding hydrogens is 554 g/mol. The van der Waals surface area contributed by atoms with E-state index in [-0.39, 0.29) is 30.9 Å². The molecule has 0 saturated carbocycles. The first-order valence-corrected chi connectivity index (χ1v) is 14.7. The molecule has 0 bridgehead atoms. The van der Waals surface area contributed by atoms with Crippen LogP contribution in [-0.2, 0) is 20.8 Å². The minimum absolute atomic E-state index is 0.0739. The molecule has 214 valence electrons. The summed E-state index contributed by atoms with van der Waals surface area (Å²) in [6.45, 7) is 2.51. The summed E-state index contributed by atoms with van der Waals surface area (Å²) in [5.41, 5.74) is 3.06. The molecule has 0 aliphatic carbocycles. The quantitative estimate of drug-likeness (QED) is 0.388. The molecule has 42 heavy (non-hydrogen) atoms. The van der Waals surface area contributed by atoms with Crippen LogP contribution in [0.5, 0.6) is 11.5 Å². The predicted octanol–water partition coefficient (Wildman–Crippen LogP) is 4.27. The van der Waals surface area contributed by atoms with Crippen LogP contribution < -0.4 is 20.1 Å². The number of rotatable bonds is 9. The van der Waals surface area contributed by atoms with Crippen molar-refractivity contribution in [3.8, 4) is 11.5 Å². The summed E-state index contributed by atoms with van der Waals surface area (Å²) in [7, 11) is 0. The summed E-state index contributed by atoms with van der Waals surface area (Å²) in [5, 5.41) is 5.64. The Hall–Kier alpha value is -4.64. The van der Waals surface area contributed by atoms with E-state index >= 15 is 0 Å². The van der Waals surface area contributed by atoms with Crippen molar-refractivity contribution in [1.82, 2.24) is 10.2 Å². The molecule has 3 aromatic carbocycles. The van der Waals surface area contributed by atoms with Crippen molar-refractivity contribution in [2.75, 3.05) is 18.7 Å². The number of fused-ring (bicyclic) bond motifs is 4. The lowest BCUT2D eigenvalue weighted by Crippen LogP contribution is -2.43. The van der Waals surface area contributed by atoms with Gasteiger partial charge in [-0.1, -0.05) is 61.2 Å². The largest absolute Gasteiger partial charge is 0.454 e. The number of para-hydroxylation sites is 1. The van der Waals surface area contributed by atoms with Crippen molar-refractivity contribution in [3.05, 3.63) is 83.9 Å². The lowest BCUT2D eigenvalue weighted by atomic mass is 10.1. The van der Waals surface area contributed by atoms with E-state index in [1.54, 1.807) is 18.2 Å². The van der Waals surface area contributed by atoms with Crippen LogP contribution >= 0.6 is 11.8 Å². The van der Waals surface area contributed by atoms with Crippen LogP contribution in [-0.4, -0.2) is 58.3 Å². The van der Waals surface area contributed by atoms with Crippen molar-refractivity contribution in [2.24, 2.45) is 9.98 Å². The lowest BCUT2D eigenvalue weighted by molar-refractivity contribution is -0.128. The van der Waals surface area contributed by atoms with Gasteiger partial charge in [-0.3, -0.25) is 19.4 Å². The van der Waals surface area contributed by atoms with Gasteiger partial charge in [-0.25, -0.2) is 9.89 Å². The lowest BCUT2D eigenvalue weighted by Gasteiger charge is -2.27.